The van der Waals surface area contributed by atoms with Crippen LogP contribution >= 0.6 is 0 Å². The van der Waals surface area contributed by atoms with Crippen molar-refractivity contribution in [3.05, 3.63) is 11.8 Å². The van der Waals surface area contributed by atoms with E-state index in [9.17, 15) is 8.78 Å². The number of alkyl halides is 2. The summed E-state index contributed by atoms with van der Waals surface area (Å²) < 4.78 is 23.1. The summed E-state index contributed by atoms with van der Waals surface area (Å²) >= 11 is 0. The summed E-state index contributed by atoms with van der Waals surface area (Å²) in [5.41, 5.74) is 4.83. The molecule has 0 spiro atoms. The van der Waals surface area contributed by atoms with Gasteiger partial charge in [-0.1, -0.05) is 0 Å². The Hall–Kier alpha value is -0.640. The van der Waals surface area contributed by atoms with Gasteiger partial charge in [-0.2, -0.15) is 0 Å². The molecule has 1 aliphatic heterocycles. The minimum Gasteiger partial charge on any atom is -0.320 e. The smallest absolute Gasteiger partial charge is 0.278 e. The molecule has 4 heteroatoms. The van der Waals surface area contributed by atoms with Crippen molar-refractivity contribution in [2.75, 3.05) is 6.54 Å². The fourth-order valence-electron chi connectivity index (χ4n) is 0.509. The van der Waals surface area contributed by atoms with Crippen LogP contribution in [0.2, 0.25) is 0 Å². The van der Waals surface area contributed by atoms with E-state index in [-0.39, 0.29) is 5.70 Å². The highest BCUT2D eigenvalue weighted by atomic mass is 19.3. The molecular weight excluding hydrogens is 114 g/mol. The standard InChI is InChI=1S/C4H6F2N2/c5-4(6)3-1-2-7-8-3/h1,4,7-8H,2H2. The van der Waals surface area contributed by atoms with Gasteiger partial charge in [-0.3, -0.25) is 0 Å². The lowest BCUT2D eigenvalue weighted by Crippen LogP contribution is -2.26. The third kappa shape index (κ3) is 0.949. The summed E-state index contributed by atoms with van der Waals surface area (Å²) in [5.74, 6) is 0. The van der Waals surface area contributed by atoms with Crippen LogP contribution < -0.4 is 10.9 Å². The van der Waals surface area contributed by atoms with Crippen LogP contribution in [-0.2, 0) is 0 Å². The number of hydrogen-bond acceptors (Lipinski definition) is 2. The maximum absolute atomic E-state index is 11.6. The molecule has 1 aliphatic rings. The molecule has 0 fully saturated rings. The SMILES string of the molecule is FC(F)C1=CCNN1. The highest BCUT2D eigenvalue weighted by Gasteiger charge is 2.12. The lowest BCUT2D eigenvalue weighted by molar-refractivity contribution is 0.180. The first-order valence-electron chi connectivity index (χ1n) is 2.28. The Kier molecular flexibility index (Phi) is 1.43. The molecule has 0 saturated carbocycles. The first-order valence-corrected chi connectivity index (χ1v) is 2.28. The van der Waals surface area contributed by atoms with E-state index in [1.54, 1.807) is 0 Å². The Morgan fingerprint density at radius 1 is 1.62 bits per heavy atom. The van der Waals surface area contributed by atoms with Crippen molar-refractivity contribution in [2.45, 2.75) is 6.43 Å². The van der Waals surface area contributed by atoms with Crippen molar-refractivity contribution in [1.82, 2.24) is 10.9 Å². The maximum atomic E-state index is 11.6. The van der Waals surface area contributed by atoms with Gasteiger partial charge in [0.2, 0.25) is 0 Å². The van der Waals surface area contributed by atoms with Gasteiger partial charge < -0.3 is 5.43 Å². The van der Waals surface area contributed by atoms with Gasteiger partial charge in [0, 0.05) is 6.54 Å². The van der Waals surface area contributed by atoms with Gasteiger partial charge in [-0.05, 0) is 6.08 Å². The van der Waals surface area contributed by atoms with Crippen molar-refractivity contribution >= 4 is 0 Å². The Morgan fingerprint density at radius 3 is 2.62 bits per heavy atom. The third-order valence-corrected chi connectivity index (χ3v) is 0.892. The van der Waals surface area contributed by atoms with Crippen molar-refractivity contribution < 1.29 is 8.78 Å². The summed E-state index contributed by atoms with van der Waals surface area (Å²) in [5, 5.41) is 0. The van der Waals surface area contributed by atoms with Crippen LogP contribution in [0.4, 0.5) is 8.78 Å². The molecule has 0 aliphatic carbocycles. The number of rotatable bonds is 1. The minimum atomic E-state index is -2.37. The van der Waals surface area contributed by atoms with Gasteiger partial charge in [-0.15, -0.1) is 0 Å². The molecule has 0 aromatic rings. The Labute approximate surface area is 45.5 Å². The monoisotopic (exact) mass is 120 g/mol. The van der Waals surface area contributed by atoms with Crippen LogP contribution in [0, 0.1) is 0 Å². The van der Waals surface area contributed by atoms with Crippen LogP contribution in [0.1, 0.15) is 0 Å². The fraction of sp³-hybridized carbons (Fsp3) is 0.500. The Bertz CT molecular complexity index is 111. The summed E-state index contributed by atoms with van der Waals surface area (Å²) in [6, 6.07) is 0. The second kappa shape index (κ2) is 2.09. The van der Waals surface area contributed by atoms with Crippen molar-refractivity contribution in [1.29, 1.82) is 0 Å². The van der Waals surface area contributed by atoms with Crippen LogP contribution in [-0.4, -0.2) is 13.0 Å². The van der Waals surface area contributed by atoms with Crippen molar-refractivity contribution in [3.63, 3.8) is 0 Å². The minimum absolute atomic E-state index is 0.0231. The van der Waals surface area contributed by atoms with Crippen LogP contribution in [0.5, 0.6) is 0 Å². The molecule has 0 saturated heterocycles. The number of hydrogen-bond donors (Lipinski definition) is 2. The molecule has 1 heterocycles. The molecule has 0 amide bonds. The second-order valence-electron chi connectivity index (χ2n) is 1.47. The van der Waals surface area contributed by atoms with E-state index in [1.807, 2.05) is 0 Å². The van der Waals surface area contributed by atoms with Gasteiger partial charge in [0.05, 0.1) is 5.70 Å². The lowest BCUT2D eigenvalue weighted by atomic mass is 10.4. The first kappa shape index (κ1) is 5.50. The van der Waals surface area contributed by atoms with Crippen molar-refractivity contribution in [2.24, 2.45) is 0 Å². The molecule has 0 aromatic carbocycles. The van der Waals surface area contributed by atoms with E-state index >= 15 is 0 Å². The largest absolute Gasteiger partial charge is 0.320 e. The molecule has 1 rings (SSSR count). The summed E-state index contributed by atoms with van der Waals surface area (Å²) in [4.78, 5) is 0. The average molecular weight is 120 g/mol. The predicted molar refractivity (Wildman–Crippen MR) is 25.2 cm³/mol. The van der Waals surface area contributed by atoms with E-state index in [1.165, 1.54) is 6.08 Å². The summed E-state index contributed by atoms with van der Waals surface area (Å²) in [7, 11) is 0. The lowest BCUT2D eigenvalue weighted by Gasteiger charge is -1.99. The number of nitrogens with one attached hydrogen (secondary N) is 2. The van der Waals surface area contributed by atoms with E-state index in [2.05, 4.69) is 10.9 Å². The quantitative estimate of drug-likeness (QED) is 0.518. The summed E-state index contributed by atoms with van der Waals surface area (Å²) in [6.45, 7) is 0.486. The molecule has 8 heavy (non-hydrogen) atoms. The van der Waals surface area contributed by atoms with E-state index < -0.39 is 6.43 Å². The topological polar surface area (TPSA) is 24.1 Å². The first-order chi connectivity index (χ1) is 3.80. The zero-order chi connectivity index (χ0) is 5.98. The highest BCUT2D eigenvalue weighted by molar-refractivity contribution is 5.06. The summed E-state index contributed by atoms with van der Waals surface area (Å²) in [6.07, 6.45) is -0.949. The van der Waals surface area contributed by atoms with E-state index in [0.717, 1.165) is 0 Å². The van der Waals surface area contributed by atoms with Crippen LogP contribution in [0.15, 0.2) is 11.8 Å². The van der Waals surface area contributed by atoms with Gasteiger partial charge in [-0.25, -0.2) is 14.2 Å². The average Bonchev–Trinajstić information content (AvgIpc) is 2.12. The van der Waals surface area contributed by atoms with Gasteiger partial charge in [0.25, 0.3) is 6.43 Å². The maximum Gasteiger partial charge on any atom is 0.278 e. The molecule has 0 radical (unpaired) electrons. The van der Waals surface area contributed by atoms with Crippen LogP contribution in [0.3, 0.4) is 0 Å². The van der Waals surface area contributed by atoms with Crippen LogP contribution in [0.25, 0.3) is 0 Å². The van der Waals surface area contributed by atoms with Crippen molar-refractivity contribution in [3.8, 4) is 0 Å². The van der Waals surface area contributed by atoms with E-state index in [4.69, 9.17) is 0 Å². The fourth-order valence-corrected chi connectivity index (χ4v) is 0.509. The molecule has 2 nitrogen and oxygen atoms in total. The second-order valence-corrected chi connectivity index (χ2v) is 1.47. The molecule has 0 unspecified atom stereocenters. The third-order valence-electron chi connectivity index (χ3n) is 0.892. The highest BCUT2D eigenvalue weighted by Crippen LogP contribution is 2.05. The number of allylic oxidation sites excluding steroid dienone is 1. The molecule has 0 bridgehead atoms. The van der Waals surface area contributed by atoms with Gasteiger partial charge in [0.1, 0.15) is 0 Å². The molecule has 46 valence electrons. The Morgan fingerprint density at radius 2 is 2.38 bits per heavy atom. The van der Waals surface area contributed by atoms with Gasteiger partial charge in [0.15, 0.2) is 0 Å². The Balaban J connectivity index is 2.45. The zero-order valence-electron chi connectivity index (χ0n) is 4.12. The normalized spacial score (nSPS) is 18.6. The van der Waals surface area contributed by atoms with Gasteiger partial charge >= 0.3 is 0 Å². The number of halogens is 2. The zero-order valence-corrected chi connectivity index (χ0v) is 4.12. The van der Waals surface area contributed by atoms with E-state index in [0.29, 0.717) is 6.54 Å². The molecule has 2 N–H and O–H groups in total. The number of hydrazine groups is 1. The molecule has 0 atom stereocenters. The predicted octanol–water partition coefficient (Wildman–Crippen LogP) is 0.243. The molecule has 0 aromatic heterocycles. The molecular formula is C4H6F2N2.